The van der Waals surface area contributed by atoms with Crippen molar-refractivity contribution in [3.63, 3.8) is 0 Å². The van der Waals surface area contributed by atoms with E-state index in [1.54, 1.807) is 22.7 Å². The van der Waals surface area contributed by atoms with Gasteiger partial charge in [-0.3, -0.25) is 0 Å². The van der Waals surface area contributed by atoms with Gasteiger partial charge in [-0.25, -0.2) is 9.97 Å². The van der Waals surface area contributed by atoms with Gasteiger partial charge in [0, 0.05) is 0 Å². The maximum atomic E-state index is 4.51. The first kappa shape index (κ1) is 12.0. The van der Waals surface area contributed by atoms with Gasteiger partial charge in [-0.1, -0.05) is 12.1 Å². The Labute approximate surface area is 124 Å². The van der Waals surface area contributed by atoms with Crippen molar-refractivity contribution in [1.82, 2.24) is 9.97 Å². The van der Waals surface area contributed by atoms with Gasteiger partial charge in [0.15, 0.2) is 0 Å². The second kappa shape index (κ2) is 4.36. The van der Waals surface area contributed by atoms with Crippen molar-refractivity contribution in [3.8, 4) is 11.1 Å². The number of hydrogen-bond acceptors (Lipinski definition) is 4. The summed E-state index contributed by atoms with van der Waals surface area (Å²) in [7, 11) is 0. The first-order valence-electron chi connectivity index (χ1n) is 6.44. The Morgan fingerprint density at radius 1 is 0.700 bits per heavy atom. The van der Waals surface area contributed by atoms with Crippen LogP contribution in [0.25, 0.3) is 31.6 Å². The highest BCUT2D eigenvalue weighted by Crippen LogP contribution is 2.31. The van der Waals surface area contributed by atoms with Gasteiger partial charge >= 0.3 is 0 Å². The Kier molecular flexibility index (Phi) is 2.62. The monoisotopic (exact) mass is 296 g/mol. The minimum atomic E-state index is 1.09. The van der Waals surface area contributed by atoms with Crippen LogP contribution < -0.4 is 0 Å². The summed E-state index contributed by atoms with van der Waals surface area (Å²) in [6, 6.07) is 13.0. The van der Waals surface area contributed by atoms with Crippen LogP contribution in [0, 0.1) is 13.8 Å². The highest BCUT2D eigenvalue weighted by Gasteiger charge is 2.06. The van der Waals surface area contributed by atoms with Crippen molar-refractivity contribution < 1.29 is 0 Å². The van der Waals surface area contributed by atoms with Gasteiger partial charge in [-0.05, 0) is 49.2 Å². The normalized spacial score (nSPS) is 11.5. The van der Waals surface area contributed by atoms with Crippen molar-refractivity contribution in [2.75, 3.05) is 0 Å². The lowest BCUT2D eigenvalue weighted by atomic mass is 10.1. The lowest BCUT2D eigenvalue weighted by molar-refractivity contribution is 1.34. The molecule has 2 aromatic heterocycles. The molecule has 0 amide bonds. The van der Waals surface area contributed by atoms with E-state index in [1.807, 2.05) is 0 Å². The molecule has 0 unspecified atom stereocenters. The van der Waals surface area contributed by atoms with E-state index in [9.17, 15) is 0 Å². The summed E-state index contributed by atoms with van der Waals surface area (Å²) in [5, 5.41) is 2.23. The third kappa shape index (κ3) is 1.92. The van der Waals surface area contributed by atoms with Gasteiger partial charge < -0.3 is 0 Å². The van der Waals surface area contributed by atoms with Crippen molar-refractivity contribution in [3.05, 3.63) is 46.4 Å². The standard InChI is InChI=1S/C16H12N2S2/c1-9-17-13-5-3-11(7-15(13)19-9)12-4-6-14-16(8-12)20-10(2)18-14/h3-8H,1-2H3. The summed E-state index contributed by atoms with van der Waals surface area (Å²) in [4.78, 5) is 9.02. The fourth-order valence-corrected chi connectivity index (χ4v) is 4.17. The lowest BCUT2D eigenvalue weighted by Gasteiger charge is -2.01. The smallest absolute Gasteiger partial charge is 0.0907 e. The Morgan fingerprint density at radius 2 is 1.15 bits per heavy atom. The highest BCUT2D eigenvalue weighted by atomic mass is 32.1. The molecule has 0 saturated heterocycles. The summed E-state index contributed by atoms with van der Waals surface area (Å²) in [5.41, 5.74) is 4.67. The predicted octanol–water partition coefficient (Wildman–Crippen LogP) is 5.19. The van der Waals surface area contributed by atoms with Crippen LogP contribution >= 0.6 is 22.7 Å². The first-order chi connectivity index (χ1) is 9.69. The van der Waals surface area contributed by atoms with Crippen LogP contribution in [0.15, 0.2) is 36.4 Å². The molecule has 0 N–H and O–H groups in total. The minimum absolute atomic E-state index is 1.09. The van der Waals surface area contributed by atoms with Crippen LogP contribution in [0.5, 0.6) is 0 Å². The number of hydrogen-bond donors (Lipinski definition) is 0. The van der Waals surface area contributed by atoms with Crippen LogP contribution in [-0.4, -0.2) is 9.97 Å². The second-order valence-corrected chi connectivity index (χ2v) is 7.30. The molecule has 0 aliphatic rings. The molecule has 4 rings (SSSR count). The molecule has 0 aliphatic heterocycles. The number of aryl methyl sites for hydroxylation is 2. The van der Waals surface area contributed by atoms with Crippen molar-refractivity contribution in [2.24, 2.45) is 0 Å². The predicted molar refractivity (Wildman–Crippen MR) is 87.7 cm³/mol. The largest absolute Gasteiger partial charge is 0.242 e. The quantitative estimate of drug-likeness (QED) is 0.483. The summed E-state index contributed by atoms with van der Waals surface area (Å²) in [6.45, 7) is 4.10. The van der Waals surface area contributed by atoms with E-state index in [1.165, 1.54) is 20.5 Å². The van der Waals surface area contributed by atoms with E-state index < -0.39 is 0 Å². The molecule has 0 saturated carbocycles. The fraction of sp³-hybridized carbons (Fsp3) is 0.125. The molecule has 2 heterocycles. The average Bonchev–Trinajstić information content (AvgIpc) is 2.97. The number of aromatic nitrogens is 2. The van der Waals surface area contributed by atoms with E-state index in [0.29, 0.717) is 0 Å². The zero-order valence-corrected chi connectivity index (χ0v) is 12.8. The number of benzene rings is 2. The van der Waals surface area contributed by atoms with Crippen LogP contribution in [-0.2, 0) is 0 Å². The number of nitrogens with zero attached hydrogens (tertiary/aromatic N) is 2. The molecule has 0 bridgehead atoms. The number of rotatable bonds is 1. The maximum Gasteiger partial charge on any atom is 0.0907 e. The van der Waals surface area contributed by atoms with Crippen molar-refractivity contribution in [1.29, 1.82) is 0 Å². The van der Waals surface area contributed by atoms with Gasteiger partial charge in [-0.15, -0.1) is 22.7 Å². The summed E-state index contributed by atoms with van der Waals surface area (Å²) in [5.74, 6) is 0. The lowest BCUT2D eigenvalue weighted by Crippen LogP contribution is -1.78. The van der Waals surface area contributed by atoms with Crippen molar-refractivity contribution >= 4 is 43.1 Å². The zero-order valence-electron chi connectivity index (χ0n) is 11.2. The molecule has 20 heavy (non-hydrogen) atoms. The SMILES string of the molecule is Cc1nc2ccc(-c3ccc4nc(C)sc4c3)cc2s1. The van der Waals surface area contributed by atoms with Gasteiger partial charge in [0.05, 0.1) is 30.4 Å². The maximum absolute atomic E-state index is 4.51. The van der Waals surface area contributed by atoms with Crippen LogP contribution in [0.4, 0.5) is 0 Å². The molecular formula is C16H12N2S2. The number of thiazole rings is 2. The second-order valence-electron chi connectivity index (χ2n) is 4.83. The van der Waals surface area contributed by atoms with E-state index in [0.717, 1.165) is 21.0 Å². The fourth-order valence-electron chi connectivity index (χ4n) is 2.44. The Balaban J connectivity index is 1.90. The average molecular weight is 296 g/mol. The van der Waals surface area contributed by atoms with Crippen LogP contribution in [0.3, 0.4) is 0 Å². The van der Waals surface area contributed by atoms with E-state index >= 15 is 0 Å². The van der Waals surface area contributed by atoms with E-state index in [-0.39, 0.29) is 0 Å². The summed E-state index contributed by atoms with van der Waals surface area (Å²) in [6.07, 6.45) is 0. The van der Waals surface area contributed by atoms with Gasteiger partial charge in [-0.2, -0.15) is 0 Å². The topological polar surface area (TPSA) is 25.8 Å². The van der Waals surface area contributed by atoms with Crippen LogP contribution in [0.1, 0.15) is 10.0 Å². The molecule has 4 aromatic rings. The molecule has 0 radical (unpaired) electrons. The van der Waals surface area contributed by atoms with Crippen LogP contribution in [0.2, 0.25) is 0 Å². The molecule has 2 nitrogen and oxygen atoms in total. The molecule has 98 valence electrons. The Bertz CT molecular complexity index is 856. The highest BCUT2D eigenvalue weighted by molar-refractivity contribution is 7.18. The third-order valence-electron chi connectivity index (χ3n) is 3.32. The molecule has 4 heteroatoms. The van der Waals surface area contributed by atoms with E-state index in [4.69, 9.17) is 0 Å². The molecule has 2 aromatic carbocycles. The third-order valence-corrected chi connectivity index (χ3v) is 5.19. The Morgan fingerprint density at radius 3 is 1.60 bits per heavy atom. The molecule has 0 atom stereocenters. The molecule has 0 fully saturated rings. The summed E-state index contributed by atoms with van der Waals surface area (Å²) < 4.78 is 2.50. The minimum Gasteiger partial charge on any atom is -0.242 e. The molecule has 0 aliphatic carbocycles. The van der Waals surface area contributed by atoms with Crippen molar-refractivity contribution in [2.45, 2.75) is 13.8 Å². The van der Waals surface area contributed by atoms with Gasteiger partial charge in [0.2, 0.25) is 0 Å². The van der Waals surface area contributed by atoms with Gasteiger partial charge in [0.25, 0.3) is 0 Å². The zero-order chi connectivity index (χ0) is 13.7. The van der Waals surface area contributed by atoms with Gasteiger partial charge in [0.1, 0.15) is 0 Å². The first-order valence-corrected chi connectivity index (χ1v) is 8.07. The molecule has 0 spiro atoms. The molecular weight excluding hydrogens is 284 g/mol. The van der Waals surface area contributed by atoms with E-state index in [2.05, 4.69) is 60.2 Å². The summed E-state index contributed by atoms with van der Waals surface area (Å²) >= 11 is 3.50. The number of fused-ring (bicyclic) bond motifs is 2. The Hall–Kier alpha value is -1.78.